The molecular weight excluding hydrogens is 409 g/mol. The van der Waals surface area contributed by atoms with Crippen LogP contribution in [-0.4, -0.2) is 53.4 Å². The van der Waals surface area contributed by atoms with Crippen molar-refractivity contribution in [2.24, 2.45) is 11.7 Å². The molecule has 0 saturated heterocycles. The first-order valence-electron chi connectivity index (χ1n) is 11.0. The summed E-state index contributed by atoms with van der Waals surface area (Å²) in [6.07, 6.45) is 6.84. The topological polar surface area (TPSA) is 101 Å². The fourth-order valence-corrected chi connectivity index (χ4v) is 3.98. The van der Waals surface area contributed by atoms with Crippen LogP contribution in [0.5, 0.6) is 0 Å². The van der Waals surface area contributed by atoms with E-state index in [-0.39, 0.29) is 23.4 Å². The van der Waals surface area contributed by atoms with Gasteiger partial charge in [0.15, 0.2) is 0 Å². The second-order valence-electron chi connectivity index (χ2n) is 8.91. The highest BCUT2D eigenvalue weighted by Gasteiger charge is 2.34. The number of aryl methyl sites for hydroxylation is 1. The van der Waals surface area contributed by atoms with Crippen molar-refractivity contribution in [1.29, 1.82) is 0 Å². The highest BCUT2D eigenvalue weighted by molar-refractivity contribution is 5.93. The zero-order valence-corrected chi connectivity index (χ0v) is 19.2. The van der Waals surface area contributed by atoms with Crippen molar-refractivity contribution in [3.63, 3.8) is 0 Å². The molecule has 0 bridgehead atoms. The fourth-order valence-electron chi connectivity index (χ4n) is 3.98. The number of aromatic nitrogens is 2. The lowest BCUT2D eigenvalue weighted by atomic mass is 9.92. The van der Waals surface area contributed by atoms with Crippen molar-refractivity contribution in [2.75, 3.05) is 20.6 Å². The molecule has 172 valence electrons. The van der Waals surface area contributed by atoms with Crippen LogP contribution in [0.15, 0.2) is 24.5 Å². The van der Waals surface area contributed by atoms with E-state index in [2.05, 4.69) is 15.3 Å². The number of likely N-dealkylation sites (N-methyl/N-ethyl adjacent to an activating group) is 1. The van der Waals surface area contributed by atoms with Crippen molar-refractivity contribution in [3.05, 3.63) is 58.4 Å². The SMILES string of the molecule is Cc1ncc([C@H](CC(=O)NC[C@H](Cc2ccc(C(N)=O)c(F)c2C)N(C)C)C2CC2)cn1. The van der Waals surface area contributed by atoms with Crippen molar-refractivity contribution in [1.82, 2.24) is 20.2 Å². The lowest BCUT2D eigenvalue weighted by Gasteiger charge is -2.26. The van der Waals surface area contributed by atoms with E-state index in [0.717, 1.165) is 29.8 Å². The van der Waals surface area contributed by atoms with Gasteiger partial charge in [0, 0.05) is 31.4 Å². The van der Waals surface area contributed by atoms with Gasteiger partial charge in [0.1, 0.15) is 11.6 Å². The number of hydrogen-bond acceptors (Lipinski definition) is 5. The lowest BCUT2D eigenvalue weighted by Crippen LogP contribution is -2.42. The van der Waals surface area contributed by atoms with E-state index in [1.807, 2.05) is 38.3 Å². The van der Waals surface area contributed by atoms with E-state index in [1.165, 1.54) is 6.07 Å². The second kappa shape index (κ2) is 10.2. The highest BCUT2D eigenvalue weighted by Crippen LogP contribution is 2.44. The number of halogens is 1. The first-order valence-corrected chi connectivity index (χ1v) is 11.0. The van der Waals surface area contributed by atoms with Gasteiger partial charge < -0.3 is 16.0 Å². The maximum absolute atomic E-state index is 14.5. The number of carbonyl (C=O) groups excluding carboxylic acids is 2. The maximum Gasteiger partial charge on any atom is 0.251 e. The van der Waals surface area contributed by atoms with Gasteiger partial charge in [-0.25, -0.2) is 14.4 Å². The van der Waals surface area contributed by atoms with Crippen LogP contribution in [0.1, 0.15) is 58.1 Å². The first kappa shape index (κ1) is 23.8. The number of benzene rings is 1. The number of primary amides is 1. The minimum absolute atomic E-state index is 0.0127. The second-order valence-corrected chi connectivity index (χ2v) is 8.91. The number of amides is 2. The molecular formula is C24H32FN5O2. The Hall–Kier alpha value is -2.87. The Morgan fingerprint density at radius 1 is 1.22 bits per heavy atom. The summed E-state index contributed by atoms with van der Waals surface area (Å²) in [4.78, 5) is 34.7. The molecule has 2 aromatic rings. The predicted octanol–water partition coefficient (Wildman–Crippen LogP) is 2.50. The predicted molar refractivity (Wildman–Crippen MR) is 121 cm³/mol. The normalized spacial score (nSPS) is 15.4. The Balaban J connectivity index is 1.63. The quantitative estimate of drug-likeness (QED) is 0.590. The molecule has 1 heterocycles. The van der Waals surface area contributed by atoms with Gasteiger partial charge in [-0.1, -0.05) is 6.07 Å². The Kier molecular flexibility index (Phi) is 7.56. The molecule has 32 heavy (non-hydrogen) atoms. The van der Waals surface area contributed by atoms with Crippen LogP contribution in [0, 0.1) is 25.6 Å². The molecule has 0 aliphatic heterocycles. The van der Waals surface area contributed by atoms with Crippen LogP contribution < -0.4 is 11.1 Å². The smallest absolute Gasteiger partial charge is 0.251 e. The minimum Gasteiger partial charge on any atom is -0.366 e. The fraction of sp³-hybridized carbons (Fsp3) is 0.500. The Labute approximate surface area is 188 Å². The van der Waals surface area contributed by atoms with Gasteiger partial charge in [-0.2, -0.15) is 0 Å². The first-order chi connectivity index (χ1) is 15.2. The summed E-state index contributed by atoms with van der Waals surface area (Å²) in [5, 5.41) is 3.05. The van der Waals surface area contributed by atoms with E-state index < -0.39 is 11.7 Å². The summed E-state index contributed by atoms with van der Waals surface area (Å²) in [5.41, 5.74) is 7.34. The van der Waals surface area contributed by atoms with E-state index >= 15 is 0 Å². The zero-order valence-electron chi connectivity index (χ0n) is 19.2. The van der Waals surface area contributed by atoms with Crippen LogP contribution in [0.25, 0.3) is 0 Å². The molecule has 3 rings (SSSR count). The summed E-state index contributed by atoms with van der Waals surface area (Å²) < 4.78 is 14.5. The Morgan fingerprint density at radius 2 is 1.88 bits per heavy atom. The lowest BCUT2D eigenvalue weighted by molar-refractivity contribution is -0.121. The molecule has 2 amide bonds. The van der Waals surface area contributed by atoms with Crippen LogP contribution in [0.4, 0.5) is 4.39 Å². The van der Waals surface area contributed by atoms with Crippen LogP contribution in [-0.2, 0) is 11.2 Å². The van der Waals surface area contributed by atoms with Gasteiger partial charge in [-0.15, -0.1) is 0 Å². The van der Waals surface area contributed by atoms with E-state index in [0.29, 0.717) is 30.9 Å². The molecule has 1 aliphatic carbocycles. The van der Waals surface area contributed by atoms with E-state index in [9.17, 15) is 14.0 Å². The molecule has 1 aromatic carbocycles. The largest absolute Gasteiger partial charge is 0.366 e. The van der Waals surface area contributed by atoms with Gasteiger partial charge in [0.25, 0.3) is 5.91 Å². The third kappa shape index (κ3) is 5.88. The van der Waals surface area contributed by atoms with Gasteiger partial charge in [0.05, 0.1) is 5.56 Å². The number of carbonyl (C=O) groups is 2. The van der Waals surface area contributed by atoms with E-state index in [4.69, 9.17) is 5.73 Å². The number of rotatable bonds is 10. The molecule has 0 radical (unpaired) electrons. The molecule has 8 heteroatoms. The summed E-state index contributed by atoms with van der Waals surface area (Å²) in [6.45, 7) is 3.93. The monoisotopic (exact) mass is 441 g/mol. The van der Waals surface area contributed by atoms with Crippen LogP contribution in [0.3, 0.4) is 0 Å². The van der Waals surface area contributed by atoms with Crippen LogP contribution >= 0.6 is 0 Å². The Bertz CT molecular complexity index is 973. The number of nitrogens with zero attached hydrogens (tertiary/aromatic N) is 3. The average molecular weight is 442 g/mol. The third-order valence-corrected chi connectivity index (χ3v) is 6.31. The summed E-state index contributed by atoms with van der Waals surface area (Å²) >= 11 is 0. The molecule has 1 aromatic heterocycles. The van der Waals surface area contributed by atoms with Crippen molar-refractivity contribution < 1.29 is 14.0 Å². The molecule has 7 nitrogen and oxygen atoms in total. The van der Waals surface area contributed by atoms with Crippen molar-refractivity contribution >= 4 is 11.8 Å². The summed E-state index contributed by atoms with van der Waals surface area (Å²) in [7, 11) is 3.86. The summed E-state index contributed by atoms with van der Waals surface area (Å²) in [5.74, 6) is -0.0162. The minimum atomic E-state index is -0.780. The molecule has 0 spiro atoms. The molecule has 2 atom stereocenters. The van der Waals surface area contributed by atoms with Crippen molar-refractivity contribution in [3.8, 4) is 0 Å². The van der Waals surface area contributed by atoms with Crippen molar-refractivity contribution in [2.45, 2.75) is 51.5 Å². The third-order valence-electron chi connectivity index (χ3n) is 6.31. The van der Waals surface area contributed by atoms with Crippen LogP contribution in [0.2, 0.25) is 0 Å². The standard InChI is InChI=1S/C24H32FN5O2/c1-14-17(7-8-20(23(14)25)24(26)32)9-19(30(3)4)13-29-22(31)10-21(16-5-6-16)18-11-27-15(2)28-12-18/h7-8,11-12,16,19,21H,5-6,9-10,13H2,1-4H3,(H2,26,32)(H,29,31)/t19-,21+/m0/s1. The Morgan fingerprint density at radius 3 is 2.44 bits per heavy atom. The molecule has 1 fully saturated rings. The number of nitrogens with two attached hydrogens (primary N) is 1. The molecule has 1 saturated carbocycles. The molecule has 3 N–H and O–H groups in total. The van der Waals surface area contributed by atoms with Gasteiger partial charge in [-0.3, -0.25) is 9.59 Å². The number of nitrogens with one attached hydrogen (secondary N) is 1. The van der Waals surface area contributed by atoms with E-state index in [1.54, 1.807) is 13.0 Å². The van der Waals surface area contributed by atoms with Gasteiger partial charge in [0.2, 0.25) is 5.91 Å². The summed E-state index contributed by atoms with van der Waals surface area (Å²) in [6, 6.07) is 3.13. The molecule has 0 unspecified atom stereocenters. The average Bonchev–Trinajstić information content (AvgIpc) is 3.57. The zero-order chi connectivity index (χ0) is 23.4. The maximum atomic E-state index is 14.5. The van der Waals surface area contributed by atoms with Gasteiger partial charge in [-0.05, 0) is 81.8 Å². The number of hydrogen-bond donors (Lipinski definition) is 2. The molecule has 1 aliphatic rings. The highest BCUT2D eigenvalue weighted by atomic mass is 19.1. The van der Waals surface area contributed by atoms with Gasteiger partial charge >= 0.3 is 0 Å².